The summed E-state index contributed by atoms with van der Waals surface area (Å²) in [5.41, 5.74) is 0.949. The van der Waals surface area contributed by atoms with Gasteiger partial charge >= 0.3 is 0 Å². The molecule has 2 rings (SSSR count). The van der Waals surface area contributed by atoms with Gasteiger partial charge in [0.05, 0.1) is 24.1 Å². The van der Waals surface area contributed by atoms with Crippen LogP contribution >= 0.6 is 0 Å². The van der Waals surface area contributed by atoms with Crippen molar-refractivity contribution < 1.29 is 17.9 Å². The number of benzene rings is 2. The number of sulfonamides is 1. The van der Waals surface area contributed by atoms with Gasteiger partial charge in [0.15, 0.2) is 0 Å². The SMILES string of the molecule is CCOc1ccc(S(=O)(=O)NCC(=O)N[C@H](C)c2ccccc2)cc1. The fourth-order valence-corrected chi connectivity index (χ4v) is 3.23. The highest BCUT2D eigenvalue weighted by Gasteiger charge is 2.16. The quantitative estimate of drug-likeness (QED) is 0.754. The molecule has 0 saturated carbocycles. The zero-order chi connectivity index (χ0) is 18.3. The van der Waals surface area contributed by atoms with Crippen LogP contribution in [0.3, 0.4) is 0 Å². The predicted octanol–water partition coefficient (Wildman–Crippen LogP) is 2.24. The lowest BCUT2D eigenvalue weighted by molar-refractivity contribution is -0.120. The molecular weight excluding hydrogens is 340 g/mol. The molecule has 0 fully saturated rings. The van der Waals surface area contributed by atoms with Crippen molar-refractivity contribution in [1.29, 1.82) is 0 Å². The number of hydrogen-bond acceptors (Lipinski definition) is 4. The lowest BCUT2D eigenvalue weighted by atomic mass is 10.1. The van der Waals surface area contributed by atoms with Gasteiger partial charge in [-0.1, -0.05) is 30.3 Å². The summed E-state index contributed by atoms with van der Waals surface area (Å²) in [6.07, 6.45) is 0. The number of carbonyl (C=O) groups is 1. The topological polar surface area (TPSA) is 84.5 Å². The Bertz CT molecular complexity index is 790. The minimum Gasteiger partial charge on any atom is -0.494 e. The van der Waals surface area contributed by atoms with Crippen LogP contribution in [0.1, 0.15) is 25.5 Å². The van der Waals surface area contributed by atoms with Crippen molar-refractivity contribution in [1.82, 2.24) is 10.0 Å². The summed E-state index contributed by atoms with van der Waals surface area (Å²) in [7, 11) is -3.75. The minimum atomic E-state index is -3.75. The average molecular weight is 362 g/mol. The van der Waals surface area contributed by atoms with E-state index in [1.165, 1.54) is 12.1 Å². The number of ether oxygens (including phenoxy) is 1. The first-order chi connectivity index (χ1) is 11.9. The van der Waals surface area contributed by atoms with Crippen molar-refractivity contribution in [3.05, 3.63) is 60.2 Å². The fourth-order valence-electron chi connectivity index (χ4n) is 2.24. The first kappa shape index (κ1) is 19.0. The van der Waals surface area contributed by atoms with Gasteiger partial charge in [0.2, 0.25) is 15.9 Å². The summed E-state index contributed by atoms with van der Waals surface area (Å²) in [4.78, 5) is 12.1. The second-order valence-corrected chi connectivity index (χ2v) is 7.20. The molecule has 2 aromatic rings. The van der Waals surface area contributed by atoms with Crippen LogP contribution in [0.4, 0.5) is 0 Å². The van der Waals surface area contributed by atoms with Gasteiger partial charge < -0.3 is 10.1 Å². The molecule has 0 aliphatic carbocycles. The molecule has 0 saturated heterocycles. The summed E-state index contributed by atoms with van der Waals surface area (Å²) in [5, 5.41) is 2.76. The largest absolute Gasteiger partial charge is 0.494 e. The van der Waals surface area contributed by atoms with Gasteiger partial charge in [-0.15, -0.1) is 0 Å². The van der Waals surface area contributed by atoms with Crippen LogP contribution in [0.25, 0.3) is 0 Å². The van der Waals surface area contributed by atoms with Crippen molar-refractivity contribution in [3.8, 4) is 5.75 Å². The van der Waals surface area contributed by atoms with Crippen LogP contribution in [0, 0.1) is 0 Å². The van der Waals surface area contributed by atoms with E-state index in [9.17, 15) is 13.2 Å². The standard InChI is InChI=1S/C18H22N2O4S/c1-3-24-16-9-11-17(12-10-16)25(22,23)19-13-18(21)20-14(2)15-7-5-4-6-8-15/h4-12,14,19H,3,13H2,1-2H3,(H,20,21)/t14-/m1/s1. The number of amides is 1. The molecule has 0 spiro atoms. The zero-order valence-electron chi connectivity index (χ0n) is 14.2. The molecule has 0 bridgehead atoms. The van der Waals surface area contributed by atoms with E-state index < -0.39 is 15.9 Å². The third-order valence-electron chi connectivity index (χ3n) is 3.54. The van der Waals surface area contributed by atoms with Crippen LogP contribution < -0.4 is 14.8 Å². The molecule has 0 heterocycles. The Hall–Kier alpha value is -2.38. The average Bonchev–Trinajstić information content (AvgIpc) is 2.61. The Balaban J connectivity index is 1.91. The lowest BCUT2D eigenvalue weighted by Gasteiger charge is -2.14. The molecule has 2 N–H and O–H groups in total. The summed E-state index contributed by atoms with van der Waals surface area (Å²) >= 11 is 0. The number of nitrogens with one attached hydrogen (secondary N) is 2. The van der Waals surface area contributed by atoms with Crippen molar-refractivity contribution in [2.75, 3.05) is 13.2 Å². The highest BCUT2D eigenvalue weighted by molar-refractivity contribution is 7.89. The van der Waals surface area contributed by atoms with E-state index in [4.69, 9.17) is 4.74 Å². The summed E-state index contributed by atoms with van der Waals surface area (Å²) in [5.74, 6) is 0.196. The molecule has 0 aliphatic rings. The molecular formula is C18H22N2O4S. The highest BCUT2D eigenvalue weighted by atomic mass is 32.2. The van der Waals surface area contributed by atoms with Gasteiger partial charge in [-0.2, -0.15) is 0 Å². The molecule has 2 aromatic carbocycles. The molecule has 1 amide bonds. The molecule has 0 radical (unpaired) electrons. The van der Waals surface area contributed by atoms with E-state index in [0.717, 1.165) is 5.56 Å². The first-order valence-corrected chi connectivity index (χ1v) is 9.47. The van der Waals surface area contributed by atoms with E-state index in [2.05, 4.69) is 10.0 Å². The third kappa shape index (κ3) is 5.58. The molecule has 7 heteroatoms. The fraction of sp³-hybridized carbons (Fsp3) is 0.278. The second-order valence-electron chi connectivity index (χ2n) is 5.43. The van der Waals surface area contributed by atoms with Gasteiger partial charge in [0.1, 0.15) is 5.75 Å². The van der Waals surface area contributed by atoms with Crippen LogP contribution in [-0.2, 0) is 14.8 Å². The van der Waals surface area contributed by atoms with Crippen LogP contribution in [0.15, 0.2) is 59.5 Å². The molecule has 6 nitrogen and oxygen atoms in total. The van der Waals surface area contributed by atoms with Gasteiger partial charge in [-0.05, 0) is 43.7 Å². The summed E-state index contributed by atoms with van der Waals surface area (Å²) in [6.45, 7) is 3.87. The Morgan fingerprint density at radius 3 is 2.32 bits per heavy atom. The maximum absolute atomic E-state index is 12.2. The Morgan fingerprint density at radius 1 is 1.08 bits per heavy atom. The third-order valence-corrected chi connectivity index (χ3v) is 4.96. The smallest absolute Gasteiger partial charge is 0.241 e. The zero-order valence-corrected chi connectivity index (χ0v) is 15.0. The molecule has 0 unspecified atom stereocenters. The van der Waals surface area contributed by atoms with E-state index in [1.54, 1.807) is 12.1 Å². The van der Waals surface area contributed by atoms with Crippen molar-refractivity contribution in [3.63, 3.8) is 0 Å². The molecule has 1 atom stereocenters. The van der Waals surface area contributed by atoms with Gasteiger partial charge in [0.25, 0.3) is 0 Å². The summed E-state index contributed by atoms with van der Waals surface area (Å²) < 4.78 is 32.0. The van der Waals surface area contributed by atoms with Gasteiger partial charge in [-0.25, -0.2) is 13.1 Å². The van der Waals surface area contributed by atoms with E-state index in [0.29, 0.717) is 12.4 Å². The summed E-state index contributed by atoms with van der Waals surface area (Å²) in [6, 6.07) is 15.3. The molecule has 25 heavy (non-hydrogen) atoms. The number of carbonyl (C=O) groups excluding carboxylic acids is 1. The van der Waals surface area contributed by atoms with E-state index in [1.807, 2.05) is 44.2 Å². The van der Waals surface area contributed by atoms with Crippen molar-refractivity contribution in [2.45, 2.75) is 24.8 Å². The number of hydrogen-bond donors (Lipinski definition) is 2. The van der Waals surface area contributed by atoms with Crippen LogP contribution in [0.2, 0.25) is 0 Å². The van der Waals surface area contributed by atoms with Crippen LogP contribution in [0.5, 0.6) is 5.75 Å². The van der Waals surface area contributed by atoms with Gasteiger partial charge in [0, 0.05) is 0 Å². The molecule has 0 aromatic heterocycles. The highest BCUT2D eigenvalue weighted by Crippen LogP contribution is 2.16. The maximum Gasteiger partial charge on any atom is 0.241 e. The van der Waals surface area contributed by atoms with E-state index >= 15 is 0 Å². The molecule has 134 valence electrons. The Morgan fingerprint density at radius 2 is 1.72 bits per heavy atom. The maximum atomic E-state index is 12.2. The van der Waals surface area contributed by atoms with E-state index in [-0.39, 0.29) is 17.5 Å². The lowest BCUT2D eigenvalue weighted by Crippen LogP contribution is -2.38. The Kier molecular flexibility index (Phi) is 6.55. The second kappa shape index (κ2) is 8.64. The first-order valence-electron chi connectivity index (χ1n) is 7.99. The number of rotatable bonds is 8. The molecule has 0 aliphatic heterocycles. The van der Waals surface area contributed by atoms with Crippen molar-refractivity contribution >= 4 is 15.9 Å². The minimum absolute atomic E-state index is 0.0832. The van der Waals surface area contributed by atoms with Crippen molar-refractivity contribution in [2.24, 2.45) is 0 Å². The monoisotopic (exact) mass is 362 g/mol. The Labute approximate surface area is 148 Å². The van der Waals surface area contributed by atoms with Crippen LogP contribution in [-0.4, -0.2) is 27.5 Å². The van der Waals surface area contributed by atoms with Gasteiger partial charge in [-0.3, -0.25) is 4.79 Å². The predicted molar refractivity (Wildman–Crippen MR) is 95.8 cm³/mol. The normalized spacial score (nSPS) is 12.4.